The van der Waals surface area contributed by atoms with Crippen molar-refractivity contribution in [3.8, 4) is 0 Å². The van der Waals surface area contributed by atoms with E-state index in [1.165, 1.54) is 11.8 Å². The number of halogens is 1. The van der Waals surface area contributed by atoms with Gasteiger partial charge in [-0.1, -0.05) is 18.9 Å². The van der Waals surface area contributed by atoms with Gasteiger partial charge in [-0.3, -0.25) is 0 Å². The summed E-state index contributed by atoms with van der Waals surface area (Å²) in [5.74, 6) is 1.66. The average Bonchev–Trinajstić information content (AvgIpc) is 3.42. The molecule has 0 amide bonds. The van der Waals surface area contributed by atoms with Crippen LogP contribution >= 0.6 is 12.4 Å². The van der Waals surface area contributed by atoms with Gasteiger partial charge in [0.2, 0.25) is 5.95 Å². The number of sulfone groups is 1. The summed E-state index contributed by atoms with van der Waals surface area (Å²) in [5.41, 5.74) is 1.92. The van der Waals surface area contributed by atoms with Gasteiger partial charge in [-0.05, 0) is 62.4 Å². The molecule has 3 aromatic heterocycles. The molecule has 1 saturated heterocycles. The molecule has 0 bridgehead atoms. The fraction of sp³-hybridized carbons (Fsp3) is 0.500. The largest absolute Gasteiger partial charge is 0.317 e. The Hall–Kier alpha value is -2.23. The first-order valence-corrected chi connectivity index (χ1v) is 12.9. The molecule has 1 saturated carbocycles. The monoisotopic (exact) mass is 476 g/mol. The van der Waals surface area contributed by atoms with E-state index in [4.69, 9.17) is 0 Å². The maximum atomic E-state index is 12.4. The van der Waals surface area contributed by atoms with Crippen LogP contribution in [0.4, 0.5) is 11.8 Å². The zero-order valence-electron chi connectivity index (χ0n) is 18.1. The molecule has 1 aliphatic carbocycles. The quantitative estimate of drug-likeness (QED) is 0.574. The van der Waals surface area contributed by atoms with Gasteiger partial charge in [0.15, 0.2) is 9.84 Å². The Morgan fingerprint density at radius 2 is 1.81 bits per heavy atom. The third kappa shape index (κ3) is 4.60. The summed E-state index contributed by atoms with van der Waals surface area (Å²) in [7, 11) is -3.36. The molecule has 172 valence electrons. The van der Waals surface area contributed by atoms with Crippen LogP contribution in [-0.4, -0.2) is 47.3 Å². The van der Waals surface area contributed by atoms with Crippen molar-refractivity contribution in [3.05, 3.63) is 36.2 Å². The zero-order valence-corrected chi connectivity index (χ0v) is 19.8. The van der Waals surface area contributed by atoms with Crippen molar-refractivity contribution in [2.45, 2.75) is 55.5 Å². The maximum Gasteiger partial charge on any atom is 0.230 e. The molecule has 0 aromatic carbocycles. The van der Waals surface area contributed by atoms with Crippen molar-refractivity contribution in [1.29, 1.82) is 0 Å². The Morgan fingerprint density at radius 3 is 2.47 bits per heavy atom. The molecule has 2 N–H and O–H groups in total. The topological polar surface area (TPSA) is 102 Å². The average molecular weight is 477 g/mol. The lowest BCUT2D eigenvalue weighted by molar-refractivity contribution is 0.459. The number of nitrogens with one attached hydrogen (secondary N) is 2. The standard InChI is InChI=1S/C22H28N6O2S.ClH/c1-31(29,30)20-12-17-14-25-22(27-21(17)28(20)18-4-2-3-5-18)26-19-7-6-16(13-24-19)15-8-10-23-11-9-15;/h6-7,12-15,18,23H,2-5,8-11H2,1H3,(H,24,25,26,27);1H. The highest BCUT2D eigenvalue weighted by atomic mass is 35.5. The van der Waals surface area contributed by atoms with Crippen LogP contribution in [-0.2, 0) is 9.84 Å². The lowest BCUT2D eigenvalue weighted by atomic mass is 9.91. The smallest absolute Gasteiger partial charge is 0.230 e. The van der Waals surface area contributed by atoms with E-state index in [1.54, 1.807) is 12.3 Å². The van der Waals surface area contributed by atoms with Crippen molar-refractivity contribution < 1.29 is 8.42 Å². The van der Waals surface area contributed by atoms with E-state index < -0.39 is 9.84 Å². The number of hydrogen-bond acceptors (Lipinski definition) is 7. The van der Waals surface area contributed by atoms with E-state index in [1.807, 2.05) is 16.8 Å². The molecule has 2 aliphatic rings. The normalized spacial score (nSPS) is 18.0. The van der Waals surface area contributed by atoms with Crippen molar-refractivity contribution in [2.75, 3.05) is 24.7 Å². The second-order valence-corrected chi connectivity index (χ2v) is 10.6. The molecule has 2 fully saturated rings. The molecule has 8 nitrogen and oxygen atoms in total. The van der Waals surface area contributed by atoms with Gasteiger partial charge < -0.3 is 15.2 Å². The molecular weight excluding hydrogens is 448 g/mol. The van der Waals surface area contributed by atoms with Crippen molar-refractivity contribution in [1.82, 2.24) is 24.8 Å². The highest BCUT2D eigenvalue weighted by molar-refractivity contribution is 7.90. The van der Waals surface area contributed by atoms with E-state index in [-0.39, 0.29) is 18.4 Å². The molecule has 4 heterocycles. The predicted molar refractivity (Wildman–Crippen MR) is 128 cm³/mol. The summed E-state index contributed by atoms with van der Waals surface area (Å²) < 4.78 is 26.7. The first kappa shape index (κ1) is 22.9. The molecule has 32 heavy (non-hydrogen) atoms. The SMILES string of the molecule is CS(=O)(=O)c1cc2cnc(Nc3ccc(C4CCNCC4)cn3)nc2n1C1CCCC1.Cl. The summed E-state index contributed by atoms with van der Waals surface area (Å²) >= 11 is 0. The first-order valence-electron chi connectivity index (χ1n) is 11.0. The molecular formula is C22H29ClN6O2S. The van der Waals surface area contributed by atoms with Crippen LogP contribution < -0.4 is 10.6 Å². The highest BCUT2D eigenvalue weighted by Gasteiger charge is 2.26. The Morgan fingerprint density at radius 1 is 1.06 bits per heavy atom. The molecule has 0 radical (unpaired) electrons. The van der Waals surface area contributed by atoms with Gasteiger partial charge in [0.1, 0.15) is 16.5 Å². The zero-order chi connectivity index (χ0) is 21.4. The molecule has 5 rings (SSSR count). The van der Waals surface area contributed by atoms with Gasteiger partial charge in [0.05, 0.1) is 0 Å². The van der Waals surface area contributed by atoms with E-state index in [0.717, 1.165) is 57.0 Å². The molecule has 10 heteroatoms. The van der Waals surface area contributed by atoms with E-state index in [9.17, 15) is 8.42 Å². The number of hydrogen-bond donors (Lipinski definition) is 2. The van der Waals surface area contributed by atoms with Gasteiger partial charge in [0, 0.05) is 30.1 Å². The van der Waals surface area contributed by atoms with Gasteiger partial charge in [-0.25, -0.2) is 18.4 Å². The van der Waals surface area contributed by atoms with E-state index in [0.29, 0.717) is 28.4 Å². The Kier molecular flexibility index (Phi) is 6.69. The summed E-state index contributed by atoms with van der Waals surface area (Å²) in [5, 5.41) is 7.64. The van der Waals surface area contributed by atoms with Crippen molar-refractivity contribution >= 4 is 45.0 Å². The summed E-state index contributed by atoms with van der Waals surface area (Å²) in [6.07, 6.45) is 11.3. The second-order valence-electron chi connectivity index (χ2n) is 8.66. The Bertz CT molecular complexity index is 1180. The van der Waals surface area contributed by atoms with Crippen LogP contribution in [0.5, 0.6) is 0 Å². The fourth-order valence-corrected chi connectivity index (χ4v) is 5.77. The van der Waals surface area contributed by atoms with Crippen LogP contribution in [0.3, 0.4) is 0 Å². The number of pyridine rings is 1. The number of fused-ring (bicyclic) bond motifs is 1. The van der Waals surface area contributed by atoms with Gasteiger partial charge in [0.25, 0.3) is 0 Å². The second kappa shape index (κ2) is 9.33. The third-order valence-corrected chi connectivity index (χ3v) is 7.52. The van der Waals surface area contributed by atoms with Crippen LogP contribution in [0.1, 0.15) is 56.0 Å². The van der Waals surface area contributed by atoms with Crippen LogP contribution in [0, 0.1) is 0 Å². The number of aromatic nitrogens is 4. The van der Waals surface area contributed by atoms with E-state index in [2.05, 4.69) is 31.7 Å². The summed E-state index contributed by atoms with van der Waals surface area (Å²) in [6, 6.07) is 5.93. The number of piperidine rings is 1. The van der Waals surface area contributed by atoms with Gasteiger partial charge in [-0.2, -0.15) is 4.98 Å². The number of anilines is 2. The maximum absolute atomic E-state index is 12.4. The Labute approximate surface area is 194 Å². The minimum atomic E-state index is -3.36. The Balaban J connectivity index is 0.00000245. The minimum Gasteiger partial charge on any atom is -0.317 e. The lowest BCUT2D eigenvalue weighted by Crippen LogP contribution is -2.26. The van der Waals surface area contributed by atoms with Gasteiger partial charge in [-0.15, -0.1) is 12.4 Å². The number of rotatable bonds is 5. The van der Waals surface area contributed by atoms with Gasteiger partial charge >= 0.3 is 0 Å². The molecule has 3 aromatic rings. The molecule has 0 spiro atoms. The lowest BCUT2D eigenvalue weighted by Gasteiger charge is -2.22. The van der Waals surface area contributed by atoms with Crippen molar-refractivity contribution in [3.63, 3.8) is 0 Å². The van der Waals surface area contributed by atoms with E-state index >= 15 is 0 Å². The van der Waals surface area contributed by atoms with Crippen LogP contribution in [0.25, 0.3) is 11.0 Å². The predicted octanol–water partition coefficient (Wildman–Crippen LogP) is 3.98. The summed E-state index contributed by atoms with van der Waals surface area (Å²) in [4.78, 5) is 13.6. The highest BCUT2D eigenvalue weighted by Crippen LogP contribution is 2.36. The minimum absolute atomic E-state index is 0. The third-order valence-electron chi connectivity index (χ3n) is 6.45. The summed E-state index contributed by atoms with van der Waals surface area (Å²) in [6.45, 7) is 2.10. The molecule has 1 aliphatic heterocycles. The molecule has 0 atom stereocenters. The molecule has 0 unspecified atom stereocenters. The first-order chi connectivity index (χ1) is 15.0. The van der Waals surface area contributed by atoms with Crippen LogP contribution in [0.15, 0.2) is 35.6 Å². The van der Waals surface area contributed by atoms with Crippen LogP contribution in [0.2, 0.25) is 0 Å². The number of nitrogens with zero attached hydrogens (tertiary/aromatic N) is 4. The fourth-order valence-electron chi connectivity index (χ4n) is 4.84. The van der Waals surface area contributed by atoms with Crippen molar-refractivity contribution in [2.24, 2.45) is 0 Å².